The average molecular weight is 331 g/mol. The summed E-state index contributed by atoms with van der Waals surface area (Å²) in [5.41, 5.74) is 2.02. The molecule has 1 saturated heterocycles. The van der Waals surface area contributed by atoms with Crippen LogP contribution in [0.25, 0.3) is 0 Å². The molecular formula is C21H34N2O. The number of amides is 1. The monoisotopic (exact) mass is 330 g/mol. The molecule has 1 amide bonds. The lowest BCUT2D eigenvalue weighted by atomic mass is 9.98. The van der Waals surface area contributed by atoms with Gasteiger partial charge in [-0.05, 0) is 57.7 Å². The summed E-state index contributed by atoms with van der Waals surface area (Å²) in [4.78, 5) is 17.4. The van der Waals surface area contributed by atoms with E-state index in [0.717, 1.165) is 31.5 Å². The van der Waals surface area contributed by atoms with Crippen LogP contribution in [0.3, 0.4) is 0 Å². The van der Waals surface area contributed by atoms with Crippen molar-refractivity contribution in [3.8, 4) is 0 Å². The van der Waals surface area contributed by atoms with Gasteiger partial charge in [0.15, 0.2) is 0 Å². The average Bonchev–Trinajstić information content (AvgIpc) is 2.62. The smallest absolute Gasteiger partial charge is 0.253 e. The fourth-order valence-corrected chi connectivity index (χ4v) is 3.96. The molecule has 1 heterocycles. The lowest BCUT2D eigenvalue weighted by Crippen LogP contribution is -2.50. The maximum atomic E-state index is 12.7. The fraction of sp³-hybridized carbons (Fsp3) is 0.667. The second-order valence-electron chi connectivity index (χ2n) is 7.10. The third kappa shape index (κ3) is 4.60. The predicted octanol–water partition coefficient (Wildman–Crippen LogP) is 4.50. The third-order valence-electron chi connectivity index (χ3n) is 5.41. The number of piperidine rings is 1. The molecule has 0 radical (unpaired) electrons. The Hall–Kier alpha value is -1.35. The molecule has 1 aliphatic heterocycles. The van der Waals surface area contributed by atoms with Gasteiger partial charge in [-0.2, -0.15) is 0 Å². The number of likely N-dealkylation sites (tertiary alicyclic amines) is 1. The Morgan fingerprint density at radius 3 is 2.21 bits per heavy atom. The maximum absolute atomic E-state index is 12.7. The van der Waals surface area contributed by atoms with Gasteiger partial charge in [-0.25, -0.2) is 0 Å². The van der Waals surface area contributed by atoms with Crippen molar-refractivity contribution in [2.75, 3.05) is 19.6 Å². The van der Waals surface area contributed by atoms with Gasteiger partial charge in [0.1, 0.15) is 0 Å². The first-order valence-electron chi connectivity index (χ1n) is 9.72. The summed E-state index contributed by atoms with van der Waals surface area (Å²) in [7, 11) is 0. The van der Waals surface area contributed by atoms with Crippen molar-refractivity contribution in [3.63, 3.8) is 0 Å². The Bertz CT molecular complexity index is 499. The zero-order valence-electron chi connectivity index (χ0n) is 15.9. The highest BCUT2D eigenvalue weighted by atomic mass is 16.2. The molecule has 0 bridgehead atoms. The summed E-state index contributed by atoms with van der Waals surface area (Å²) in [5.74, 6) is 0.193. The SMILES string of the molecule is CCCN(C(CC)CC)C1CCN(C(=O)c2ccc(C)cc2)CC1. The normalized spacial score (nSPS) is 16.2. The van der Waals surface area contributed by atoms with Crippen molar-refractivity contribution in [1.29, 1.82) is 0 Å². The molecule has 0 N–H and O–H groups in total. The van der Waals surface area contributed by atoms with Crippen LogP contribution in [-0.2, 0) is 0 Å². The van der Waals surface area contributed by atoms with Gasteiger partial charge in [-0.3, -0.25) is 9.69 Å². The minimum absolute atomic E-state index is 0.193. The second kappa shape index (κ2) is 9.22. The van der Waals surface area contributed by atoms with Crippen molar-refractivity contribution in [1.82, 2.24) is 9.80 Å². The second-order valence-corrected chi connectivity index (χ2v) is 7.10. The first kappa shape index (κ1) is 19.0. The molecule has 0 aliphatic carbocycles. The molecule has 3 heteroatoms. The molecule has 3 nitrogen and oxygen atoms in total. The lowest BCUT2D eigenvalue weighted by Gasteiger charge is -2.42. The Morgan fingerprint density at radius 1 is 1.12 bits per heavy atom. The summed E-state index contributed by atoms with van der Waals surface area (Å²) >= 11 is 0. The van der Waals surface area contributed by atoms with Crippen LogP contribution in [0.1, 0.15) is 68.8 Å². The Labute approximate surface area is 148 Å². The van der Waals surface area contributed by atoms with Crippen molar-refractivity contribution in [2.24, 2.45) is 0 Å². The summed E-state index contributed by atoms with van der Waals surface area (Å²) in [5, 5.41) is 0. The topological polar surface area (TPSA) is 23.6 Å². The van der Waals surface area contributed by atoms with E-state index in [2.05, 4.69) is 32.6 Å². The van der Waals surface area contributed by atoms with E-state index in [1.54, 1.807) is 0 Å². The summed E-state index contributed by atoms with van der Waals surface area (Å²) < 4.78 is 0. The van der Waals surface area contributed by atoms with Crippen LogP contribution < -0.4 is 0 Å². The highest BCUT2D eigenvalue weighted by molar-refractivity contribution is 5.94. The molecular weight excluding hydrogens is 296 g/mol. The van der Waals surface area contributed by atoms with E-state index < -0.39 is 0 Å². The Morgan fingerprint density at radius 2 is 1.71 bits per heavy atom. The zero-order chi connectivity index (χ0) is 17.5. The first-order chi connectivity index (χ1) is 11.6. The number of nitrogens with zero attached hydrogens (tertiary/aromatic N) is 2. The van der Waals surface area contributed by atoms with Crippen molar-refractivity contribution >= 4 is 5.91 Å². The molecule has 1 aromatic carbocycles. The van der Waals surface area contributed by atoms with E-state index in [9.17, 15) is 4.79 Å². The molecule has 0 spiro atoms. The number of aryl methyl sites for hydroxylation is 1. The number of carbonyl (C=O) groups is 1. The molecule has 1 aliphatic rings. The highest BCUT2D eigenvalue weighted by Gasteiger charge is 2.29. The molecule has 0 saturated carbocycles. The number of rotatable bonds is 7. The fourth-order valence-electron chi connectivity index (χ4n) is 3.96. The number of hydrogen-bond acceptors (Lipinski definition) is 2. The third-order valence-corrected chi connectivity index (χ3v) is 5.41. The van der Waals surface area contributed by atoms with Crippen LogP contribution in [0.5, 0.6) is 0 Å². The minimum atomic E-state index is 0.193. The van der Waals surface area contributed by atoms with Crippen LogP contribution in [-0.4, -0.2) is 47.4 Å². The molecule has 24 heavy (non-hydrogen) atoms. The first-order valence-corrected chi connectivity index (χ1v) is 9.72. The van der Waals surface area contributed by atoms with Crippen LogP contribution in [0.15, 0.2) is 24.3 Å². The maximum Gasteiger partial charge on any atom is 0.253 e. The van der Waals surface area contributed by atoms with Crippen LogP contribution in [0, 0.1) is 6.92 Å². The zero-order valence-corrected chi connectivity index (χ0v) is 15.9. The largest absolute Gasteiger partial charge is 0.339 e. The van der Waals surface area contributed by atoms with Gasteiger partial charge >= 0.3 is 0 Å². The van der Waals surface area contributed by atoms with Gasteiger partial charge in [0.2, 0.25) is 0 Å². The quantitative estimate of drug-likeness (QED) is 0.735. The van der Waals surface area contributed by atoms with Gasteiger partial charge in [0.25, 0.3) is 5.91 Å². The van der Waals surface area contributed by atoms with E-state index in [4.69, 9.17) is 0 Å². The van der Waals surface area contributed by atoms with E-state index in [1.807, 2.05) is 29.2 Å². The Balaban J connectivity index is 1.96. The van der Waals surface area contributed by atoms with Gasteiger partial charge in [0.05, 0.1) is 0 Å². The van der Waals surface area contributed by atoms with Gasteiger partial charge in [0, 0.05) is 30.7 Å². The van der Waals surface area contributed by atoms with Gasteiger partial charge in [-0.15, -0.1) is 0 Å². The van der Waals surface area contributed by atoms with E-state index >= 15 is 0 Å². The molecule has 0 atom stereocenters. The molecule has 2 rings (SSSR count). The van der Waals surface area contributed by atoms with Crippen molar-refractivity contribution in [2.45, 2.75) is 71.9 Å². The van der Waals surface area contributed by atoms with Gasteiger partial charge in [-0.1, -0.05) is 38.5 Å². The molecule has 134 valence electrons. The van der Waals surface area contributed by atoms with Crippen LogP contribution >= 0.6 is 0 Å². The van der Waals surface area contributed by atoms with Crippen molar-refractivity contribution < 1.29 is 4.79 Å². The number of carbonyl (C=O) groups excluding carboxylic acids is 1. The standard InChI is InChI=1S/C21H34N2O/c1-5-14-23(19(6-2)7-3)20-12-15-22(16-13-20)21(24)18-10-8-17(4)9-11-18/h8-11,19-20H,5-7,12-16H2,1-4H3. The van der Waals surface area contributed by atoms with Crippen molar-refractivity contribution in [3.05, 3.63) is 35.4 Å². The molecule has 1 fully saturated rings. The summed E-state index contributed by atoms with van der Waals surface area (Å²) in [6, 6.07) is 9.28. The van der Waals surface area contributed by atoms with E-state index in [0.29, 0.717) is 12.1 Å². The van der Waals surface area contributed by atoms with Crippen LogP contribution in [0.2, 0.25) is 0 Å². The summed E-state index contributed by atoms with van der Waals surface area (Å²) in [6.07, 6.45) is 5.86. The predicted molar refractivity (Wildman–Crippen MR) is 101 cm³/mol. The Kier molecular flexibility index (Phi) is 7.29. The van der Waals surface area contributed by atoms with Crippen LogP contribution in [0.4, 0.5) is 0 Å². The highest BCUT2D eigenvalue weighted by Crippen LogP contribution is 2.23. The molecule has 0 aromatic heterocycles. The minimum Gasteiger partial charge on any atom is -0.339 e. The lowest BCUT2D eigenvalue weighted by molar-refractivity contribution is 0.0516. The summed E-state index contributed by atoms with van der Waals surface area (Å²) in [6.45, 7) is 11.9. The number of hydrogen-bond donors (Lipinski definition) is 0. The molecule has 1 aromatic rings. The van der Waals surface area contributed by atoms with Gasteiger partial charge < -0.3 is 4.90 Å². The number of benzene rings is 1. The van der Waals surface area contributed by atoms with E-state index in [-0.39, 0.29) is 5.91 Å². The van der Waals surface area contributed by atoms with E-state index in [1.165, 1.54) is 31.4 Å². The molecule has 0 unspecified atom stereocenters.